The standard InChI is InChI=1S/C13H18ClNO3/c1-13(2,12(16)17)8-18-11-6-4-5-10(14)9(11)7-15-3/h4-6,15H,7-8H2,1-3H3,(H,16,17). The van der Waals surface area contributed by atoms with Crippen molar-refractivity contribution in [2.24, 2.45) is 5.41 Å². The Bertz CT molecular complexity index is 432. The summed E-state index contributed by atoms with van der Waals surface area (Å²) in [5, 5.41) is 12.6. The van der Waals surface area contributed by atoms with Gasteiger partial charge in [0.2, 0.25) is 0 Å². The Morgan fingerprint density at radius 3 is 2.72 bits per heavy atom. The van der Waals surface area contributed by atoms with Crippen LogP contribution >= 0.6 is 11.6 Å². The van der Waals surface area contributed by atoms with Crippen molar-refractivity contribution in [1.29, 1.82) is 0 Å². The molecule has 0 amide bonds. The highest BCUT2D eigenvalue weighted by molar-refractivity contribution is 6.31. The SMILES string of the molecule is CNCc1c(Cl)cccc1OCC(C)(C)C(=O)O. The first kappa shape index (κ1) is 14.8. The minimum Gasteiger partial charge on any atom is -0.492 e. The molecular weight excluding hydrogens is 254 g/mol. The number of nitrogens with one attached hydrogen (secondary N) is 1. The molecular formula is C13H18ClNO3. The second-order valence-corrected chi connectivity index (χ2v) is 5.13. The molecule has 0 radical (unpaired) electrons. The predicted octanol–water partition coefficient (Wildman–Crippen LogP) is 2.55. The molecule has 0 spiro atoms. The smallest absolute Gasteiger partial charge is 0.312 e. The zero-order valence-corrected chi connectivity index (χ0v) is 11.5. The van der Waals surface area contributed by atoms with Crippen molar-refractivity contribution in [2.75, 3.05) is 13.7 Å². The van der Waals surface area contributed by atoms with Crippen LogP contribution in [-0.2, 0) is 11.3 Å². The predicted molar refractivity (Wildman–Crippen MR) is 71.1 cm³/mol. The highest BCUT2D eigenvalue weighted by atomic mass is 35.5. The number of benzene rings is 1. The van der Waals surface area contributed by atoms with E-state index in [-0.39, 0.29) is 6.61 Å². The summed E-state index contributed by atoms with van der Waals surface area (Å²) < 4.78 is 5.59. The van der Waals surface area contributed by atoms with E-state index in [4.69, 9.17) is 21.4 Å². The van der Waals surface area contributed by atoms with Crippen molar-refractivity contribution in [3.8, 4) is 5.75 Å². The van der Waals surface area contributed by atoms with Gasteiger partial charge in [-0.3, -0.25) is 4.79 Å². The minimum atomic E-state index is -0.931. The van der Waals surface area contributed by atoms with Crippen LogP contribution in [0.1, 0.15) is 19.4 Å². The maximum Gasteiger partial charge on any atom is 0.312 e. The molecule has 2 N–H and O–H groups in total. The number of aliphatic carboxylic acids is 1. The van der Waals surface area contributed by atoms with Gasteiger partial charge in [0.05, 0.1) is 5.41 Å². The van der Waals surface area contributed by atoms with Crippen LogP contribution in [0.4, 0.5) is 0 Å². The lowest BCUT2D eigenvalue weighted by Gasteiger charge is -2.21. The molecule has 1 rings (SSSR count). The Kier molecular flexibility index (Phi) is 4.99. The van der Waals surface area contributed by atoms with E-state index in [1.807, 2.05) is 7.05 Å². The van der Waals surface area contributed by atoms with Crippen LogP contribution in [0.15, 0.2) is 18.2 Å². The molecule has 0 aromatic heterocycles. The van der Waals surface area contributed by atoms with E-state index in [2.05, 4.69) is 5.32 Å². The van der Waals surface area contributed by atoms with Crippen molar-refractivity contribution >= 4 is 17.6 Å². The normalized spacial score (nSPS) is 11.3. The van der Waals surface area contributed by atoms with Gasteiger partial charge in [-0.15, -0.1) is 0 Å². The Balaban J connectivity index is 2.85. The maximum absolute atomic E-state index is 11.0. The Morgan fingerprint density at radius 2 is 2.17 bits per heavy atom. The van der Waals surface area contributed by atoms with Crippen molar-refractivity contribution < 1.29 is 14.6 Å². The molecule has 0 aliphatic heterocycles. The number of hydrogen-bond acceptors (Lipinski definition) is 3. The first-order chi connectivity index (χ1) is 8.38. The molecule has 0 heterocycles. The molecule has 1 aromatic carbocycles. The van der Waals surface area contributed by atoms with Crippen LogP contribution in [0.2, 0.25) is 5.02 Å². The molecule has 0 bridgehead atoms. The van der Waals surface area contributed by atoms with Crippen LogP contribution in [-0.4, -0.2) is 24.7 Å². The van der Waals surface area contributed by atoms with Gasteiger partial charge in [-0.05, 0) is 33.0 Å². The van der Waals surface area contributed by atoms with E-state index in [1.54, 1.807) is 32.0 Å². The quantitative estimate of drug-likeness (QED) is 0.835. The zero-order chi connectivity index (χ0) is 13.8. The lowest BCUT2D eigenvalue weighted by Crippen LogP contribution is -2.31. The molecule has 4 nitrogen and oxygen atoms in total. The summed E-state index contributed by atoms with van der Waals surface area (Å²) >= 11 is 6.08. The summed E-state index contributed by atoms with van der Waals surface area (Å²) in [5.74, 6) is -0.272. The zero-order valence-electron chi connectivity index (χ0n) is 10.8. The van der Waals surface area contributed by atoms with Gasteiger partial charge in [-0.25, -0.2) is 0 Å². The molecule has 100 valence electrons. The van der Waals surface area contributed by atoms with Crippen LogP contribution in [0.3, 0.4) is 0 Å². The molecule has 0 atom stereocenters. The molecule has 0 saturated carbocycles. The topological polar surface area (TPSA) is 58.6 Å². The molecule has 0 aliphatic rings. The molecule has 0 fully saturated rings. The van der Waals surface area contributed by atoms with Gasteiger partial charge >= 0.3 is 5.97 Å². The summed E-state index contributed by atoms with van der Waals surface area (Å²) in [4.78, 5) is 11.0. The van der Waals surface area contributed by atoms with Crippen molar-refractivity contribution in [3.63, 3.8) is 0 Å². The third-order valence-corrected chi connectivity index (χ3v) is 2.95. The van der Waals surface area contributed by atoms with Gasteiger partial charge in [0.25, 0.3) is 0 Å². The minimum absolute atomic E-state index is 0.0966. The van der Waals surface area contributed by atoms with Crippen molar-refractivity contribution in [2.45, 2.75) is 20.4 Å². The largest absolute Gasteiger partial charge is 0.492 e. The number of carboxylic acids is 1. The summed E-state index contributed by atoms with van der Waals surface area (Å²) in [6.07, 6.45) is 0. The average molecular weight is 272 g/mol. The number of hydrogen-bond donors (Lipinski definition) is 2. The van der Waals surface area contributed by atoms with Gasteiger partial charge in [-0.2, -0.15) is 0 Å². The second kappa shape index (κ2) is 6.07. The summed E-state index contributed by atoms with van der Waals surface area (Å²) in [6.45, 7) is 3.91. The van der Waals surface area contributed by atoms with E-state index < -0.39 is 11.4 Å². The van der Waals surface area contributed by atoms with E-state index in [0.717, 1.165) is 5.56 Å². The molecule has 18 heavy (non-hydrogen) atoms. The van der Waals surface area contributed by atoms with Crippen molar-refractivity contribution in [3.05, 3.63) is 28.8 Å². The second-order valence-electron chi connectivity index (χ2n) is 4.72. The van der Waals surface area contributed by atoms with E-state index >= 15 is 0 Å². The molecule has 0 aliphatic carbocycles. The summed E-state index contributed by atoms with van der Waals surface area (Å²) in [7, 11) is 1.81. The molecule has 0 saturated heterocycles. The average Bonchev–Trinajstić information content (AvgIpc) is 2.30. The first-order valence-corrected chi connectivity index (χ1v) is 6.04. The monoisotopic (exact) mass is 271 g/mol. The molecule has 1 aromatic rings. The Morgan fingerprint density at radius 1 is 1.50 bits per heavy atom. The fourth-order valence-corrected chi connectivity index (χ4v) is 1.58. The number of halogens is 1. The number of carboxylic acid groups (broad SMARTS) is 1. The lowest BCUT2D eigenvalue weighted by atomic mass is 9.95. The Hall–Kier alpha value is -1.26. The molecule has 5 heteroatoms. The third kappa shape index (κ3) is 3.62. The van der Waals surface area contributed by atoms with E-state index in [0.29, 0.717) is 17.3 Å². The highest BCUT2D eigenvalue weighted by Gasteiger charge is 2.28. The maximum atomic E-state index is 11.0. The van der Waals surface area contributed by atoms with Crippen molar-refractivity contribution in [1.82, 2.24) is 5.32 Å². The van der Waals surface area contributed by atoms with Gasteiger partial charge in [0, 0.05) is 17.1 Å². The van der Waals surface area contributed by atoms with Crippen LogP contribution in [0.5, 0.6) is 5.75 Å². The third-order valence-electron chi connectivity index (χ3n) is 2.60. The van der Waals surface area contributed by atoms with Gasteiger partial charge in [0.1, 0.15) is 12.4 Å². The number of ether oxygens (including phenoxy) is 1. The summed E-state index contributed by atoms with van der Waals surface area (Å²) in [5.41, 5.74) is -0.0953. The first-order valence-electron chi connectivity index (χ1n) is 5.66. The van der Waals surface area contributed by atoms with Crippen LogP contribution < -0.4 is 10.1 Å². The fourth-order valence-electron chi connectivity index (χ4n) is 1.34. The lowest BCUT2D eigenvalue weighted by molar-refractivity contribution is -0.148. The summed E-state index contributed by atoms with van der Waals surface area (Å²) in [6, 6.07) is 5.35. The Labute approximate surface area is 112 Å². The van der Waals surface area contributed by atoms with Crippen LogP contribution in [0.25, 0.3) is 0 Å². The number of rotatable bonds is 6. The van der Waals surface area contributed by atoms with E-state index in [9.17, 15) is 4.79 Å². The van der Waals surface area contributed by atoms with E-state index in [1.165, 1.54) is 0 Å². The van der Waals surface area contributed by atoms with Gasteiger partial charge < -0.3 is 15.2 Å². The highest BCUT2D eigenvalue weighted by Crippen LogP contribution is 2.28. The van der Waals surface area contributed by atoms with Crippen LogP contribution in [0, 0.1) is 5.41 Å². The van der Waals surface area contributed by atoms with Gasteiger partial charge in [0.15, 0.2) is 0 Å². The fraction of sp³-hybridized carbons (Fsp3) is 0.462. The van der Waals surface area contributed by atoms with Gasteiger partial charge in [-0.1, -0.05) is 17.7 Å². The number of carbonyl (C=O) groups is 1. The molecule has 0 unspecified atom stereocenters.